The molecule has 0 aliphatic heterocycles. The van der Waals surface area contributed by atoms with Crippen LogP contribution in [0.5, 0.6) is 5.75 Å². The van der Waals surface area contributed by atoms with E-state index in [4.69, 9.17) is 10.5 Å². The van der Waals surface area contributed by atoms with E-state index in [9.17, 15) is 4.39 Å². The van der Waals surface area contributed by atoms with E-state index in [2.05, 4.69) is 9.97 Å². The molecule has 2 aromatic rings. The second kappa shape index (κ2) is 4.88. The van der Waals surface area contributed by atoms with Crippen molar-refractivity contribution in [1.29, 1.82) is 0 Å². The molecule has 1 atom stereocenters. The zero-order valence-corrected chi connectivity index (χ0v) is 9.30. The number of halogens is 1. The van der Waals surface area contributed by atoms with E-state index in [1.54, 1.807) is 24.5 Å². The fourth-order valence-corrected chi connectivity index (χ4v) is 1.53. The lowest BCUT2D eigenvalue weighted by atomic mass is 10.0. The molecule has 0 spiro atoms. The van der Waals surface area contributed by atoms with Gasteiger partial charge in [0.15, 0.2) is 11.6 Å². The van der Waals surface area contributed by atoms with Crippen molar-refractivity contribution in [2.24, 2.45) is 5.73 Å². The Morgan fingerprint density at radius 1 is 1.24 bits per heavy atom. The van der Waals surface area contributed by atoms with E-state index in [1.807, 2.05) is 0 Å². The molecule has 0 bridgehead atoms. The second-order valence-electron chi connectivity index (χ2n) is 3.54. The summed E-state index contributed by atoms with van der Waals surface area (Å²) >= 11 is 0. The van der Waals surface area contributed by atoms with Crippen molar-refractivity contribution in [3.05, 3.63) is 53.9 Å². The van der Waals surface area contributed by atoms with Gasteiger partial charge in [-0.1, -0.05) is 6.07 Å². The monoisotopic (exact) mass is 233 g/mol. The molecule has 0 amide bonds. The summed E-state index contributed by atoms with van der Waals surface area (Å²) in [6.45, 7) is 0. The molecule has 1 unspecified atom stereocenters. The van der Waals surface area contributed by atoms with Crippen LogP contribution in [0.2, 0.25) is 0 Å². The molecule has 1 aromatic carbocycles. The topological polar surface area (TPSA) is 61.0 Å². The summed E-state index contributed by atoms with van der Waals surface area (Å²) in [4.78, 5) is 7.79. The maximum absolute atomic E-state index is 13.2. The van der Waals surface area contributed by atoms with Crippen LogP contribution in [-0.2, 0) is 0 Å². The van der Waals surface area contributed by atoms with Crippen LogP contribution in [0.15, 0.2) is 36.9 Å². The average molecular weight is 233 g/mol. The Hall–Kier alpha value is -2.01. The Balaban J connectivity index is 2.34. The van der Waals surface area contributed by atoms with Gasteiger partial charge in [0.2, 0.25) is 0 Å². The van der Waals surface area contributed by atoms with Gasteiger partial charge < -0.3 is 10.5 Å². The molecule has 0 saturated heterocycles. The number of nitrogens with two attached hydrogens (primary N) is 1. The van der Waals surface area contributed by atoms with Crippen LogP contribution in [0.3, 0.4) is 0 Å². The minimum Gasteiger partial charge on any atom is -0.494 e. The normalized spacial score (nSPS) is 12.2. The van der Waals surface area contributed by atoms with Gasteiger partial charge in [0.25, 0.3) is 0 Å². The highest BCUT2D eigenvalue weighted by Gasteiger charge is 2.12. The molecule has 5 heteroatoms. The SMILES string of the molecule is COc1cc(C(N)c2cncnc2)ccc1F. The van der Waals surface area contributed by atoms with Gasteiger partial charge in [-0.3, -0.25) is 0 Å². The first kappa shape index (κ1) is 11.5. The van der Waals surface area contributed by atoms with Crippen LogP contribution in [-0.4, -0.2) is 17.1 Å². The summed E-state index contributed by atoms with van der Waals surface area (Å²) in [6.07, 6.45) is 4.70. The molecule has 0 fully saturated rings. The number of nitrogens with zero attached hydrogens (tertiary/aromatic N) is 2. The van der Waals surface area contributed by atoms with Crippen molar-refractivity contribution in [3.63, 3.8) is 0 Å². The minimum atomic E-state index is -0.409. The van der Waals surface area contributed by atoms with Crippen molar-refractivity contribution in [1.82, 2.24) is 9.97 Å². The number of ether oxygens (including phenoxy) is 1. The van der Waals surface area contributed by atoms with E-state index in [1.165, 1.54) is 19.5 Å². The fourth-order valence-electron chi connectivity index (χ4n) is 1.53. The Morgan fingerprint density at radius 3 is 2.59 bits per heavy atom. The average Bonchev–Trinajstić information content (AvgIpc) is 2.39. The predicted octanol–water partition coefficient (Wildman–Crippen LogP) is 1.67. The third-order valence-electron chi connectivity index (χ3n) is 2.47. The molecule has 88 valence electrons. The van der Waals surface area contributed by atoms with Crippen LogP contribution in [0.1, 0.15) is 17.2 Å². The molecule has 0 saturated carbocycles. The van der Waals surface area contributed by atoms with Gasteiger partial charge in [-0.25, -0.2) is 14.4 Å². The van der Waals surface area contributed by atoms with E-state index < -0.39 is 11.9 Å². The van der Waals surface area contributed by atoms with Gasteiger partial charge in [0.1, 0.15) is 6.33 Å². The predicted molar refractivity (Wildman–Crippen MR) is 61.0 cm³/mol. The van der Waals surface area contributed by atoms with Crippen molar-refractivity contribution in [2.75, 3.05) is 7.11 Å². The summed E-state index contributed by atoms with van der Waals surface area (Å²) in [6, 6.07) is 4.13. The number of aromatic nitrogens is 2. The first-order chi connectivity index (χ1) is 8.22. The lowest BCUT2D eigenvalue weighted by molar-refractivity contribution is 0.385. The second-order valence-corrected chi connectivity index (χ2v) is 3.54. The number of rotatable bonds is 3. The third kappa shape index (κ3) is 2.39. The van der Waals surface area contributed by atoms with Crippen molar-refractivity contribution < 1.29 is 9.13 Å². The van der Waals surface area contributed by atoms with Gasteiger partial charge in [0, 0.05) is 18.0 Å². The van der Waals surface area contributed by atoms with Crippen molar-refractivity contribution in [3.8, 4) is 5.75 Å². The minimum absolute atomic E-state index is 0.176. The molecule has 2 rings (SSSR count). The molecule has 17 heavy (non-hydrogen) atoms. The maximum Gasteiger partial charge on any atom is 0.165 e. The number of methoxy groups -OCH3 is 1. The third-order valence-corrected chi connectivity index (χ3v) is 2.47. The maximum atomic E-state index is 13.2. The first-order valence-electron chi connectivity index (χ1n) is 5.06. The first-order valence-corrected chi connectivity index (χ1v) is 5.06. The number of hydrogen-bond acceptors (Lipinski definition) is 4. The summed E-state index contributed by atoms with van der Waals surface area (Å²) in [5, 5.41) is 0. The highest BCUT2D eigenvalue weighted by molar-refractivity contribution is 5.35. The summed E-state index contributed by atoms with van der Waals surface area (Å²) < 4.78 is 18.2. The van der Waals surface area contributed by atoms with Gasteiger partial charge in [0.05, 0.1) is 13.2 Å². The van der Waals surface area contributed by atoms with Crippen molar-refractivity contribution in [2.45, 2.75) is 6.04 Å². The van der Waals surface area contributed by atoms with Crippen LogP contribution in [0.4, 0.5) is 4.39 Å². The Kier molecular flexibility index (Phi) is 3.30. The van der Waals surface area contributed by atoms with Crippen LogP contribution >= 0.6 is 0 Å². The van der Waals surface area contributed by atoms with E-state index in [-0.39, 0.29) is 5.75 Å². The molecule has 1 aromatic heterocycles. The molecule has 4 nitrogen and oxygen atoms in total. The largest absolute Gasteiger partial charge is 0.494 e. The standard InChI is InChI=1S/C12H12FN3O/c1-17-11-4-8(2-3-10(11)13)12(14)9-5-15-7-16-6-9/h2-7,12H,14H2,1H3. The molecule has 0 aliphatic rings. The molecule has 0 aliphatic carbocycles. The Bertz CT molecular complexity index is 504. The zero-order chi connectivity index (χ0) is 12.3. The molecular weight excluding hydrogens is 221 g/mol. The quantitative estimate of drug-likeness (QED) is 0.876. The summed E-state index contributed by atoms with van der Waals surface area (Å²) in [7, 11) is 1.42. The van der Waals surface area contributed by atoms with Crippen molar-refractivity contribution >= 4 is 0 Å². The van der Waals surface area contributed by atoms with Gasteiger partial charge in [-0.15, -0.1) is 0 Å². The highest BCUT2D eigenvalue weighted by Crippen LogP contribution is 2.24. The molecule has 1 heterocycles. The Labute approximate surface area is 98.3 Å². The molecule has 0 radical (unpaired) electrons. The van der Waals surface area contributed by atoms with E-state index >= 15 is 0 Å². The van der Waals surface area contributed by atoms with E-state index in [0.29, 0.717) is 0 Å². The zero-order valence-electron chi connectivity index (χ0n) is 9.30. The van der Waals surface area contributed by atoms with Crippen LogP contribution in [0, 0.1) is 5.82 Å². The number of benzene rings is 1. The van der Waals surface area contributed by atoms with Gasteiger partial charge in [-0.05, 0) is 17.7 Å². The smallest absolute Gasteiger partial charge is 0.165 e. The lowest BCUT2D eigenvalue weighted by Gasteiger charge is -2.12. The highest BCUT2D eigenvalue weighted by atomic mass is 19.1. The van der Waals surface area contributed by atoms with Crippen LogP contribution in [0.25, 0.3) is 0 Å². The van der Waals surface area contributed by atoms with Gasteiger partial charge >= 0.3 is 0 Å². The summed E-state index contributed by atoms with van der Waals surface area (Å²) in [5.74, 6) is -0.234. The lowest BCUT2D eigenvalue weighted by Crippen LogP contribution is -2.12. The van der Waals surface area contributed by atoms with Crippen LogP contribution < -0.4 is 10.5 Å². The Morgan fingerprint density at radius 2 is 1.94 bits per heavy atom. The summed E-state index contributed by atoms with van der Waals surface area (Å²) in [5.41, 5.74) is 7.55. The van der Waals surface area contributed by atoms with Gasteiger partial charge in [-0.2, -0.15) is 0 Å². The fraction of sp³-hybridized carbons (Fsp3) is 0.167. The van der Waals surface area contributed by atoms with E-state index in [0.717, 1.165) is 11.1 Å². The number of hydrogen-bond donors (Lipinski definition) is 1. The molecular formula is C12H12FN3O. The molecule has 2 N–H and O–H groups in total.